The molecular formula is C30H23Cl2F3N2O3S. The van der Waals surface area contributed by atoms with E-state index in [9.17, 15) is 28.0 Å². The van der Waals surface area contributed by atoms with Gasteiger partial charge in [-0.25, -0.2) is 0 Å². The summed E-state index contributed by atoms with van der Waals surface area (Å²) in [7, 11) is 0. The third-order valence-electron chi connectivity index (χ3n) is 6.72. The Balaban J connectivity index is 1.82. The topological polar surface area (TPSA) is 90.2 Å². The van der Waals surface area contributed by atoms with Crippen LogP contribution >= 0.6 is 34.5 Å². The Bertz CT molecular complexity index is 1600. The van der Waals surface area contributed by atoms with Crippen LogP contribution in [-0.2, 0) is 4.79 Å². The second-order valence-electron chi connectivity index (χ2n) is 9.44. The molecule has 1 aromatic heterocycles. The van der Waals surface area contributed by atoms with Gasteiger partial charge in [0.25, 0.3) is 5.91 Å². The summed E-state index contributed by atoms with van der Waals surface area (Å²) < 4.78 is 41.4. The molecule has 2 N–H and O–H groups in total. The summed E-state index contributed by atoms with van der Waals surface area (Å²) in [5.41, 5.74) is 2.68. The molecule has 0 saturated carbocycles. The number of rotatable bonds is 10. The van der Waals surface area contributed by atoms with Crippen molar-refractivity contribution in [3.63, 3.8) is 0 Å². The first kappa shape index (κ1) is 30.4. The van der Waals surface area contributed by atoms with E-state index in [4.69, 9.17) is 28.3 Å². The molecule has 2 atom stereocenters. The molecule has 0 aliphatic carbocycles. The lowest BCUT2D eigenvalue weighted by atomic mass is 9.74. The highest BCUT2D eigenvalue weighted by Crippen LogP contribution is 2.47. The Labute approximate surface area is 248 Å². The zero-order valence-corrected chi connectivity index (χ0v) is 23.7. The number of carboxylic acid groups (broad SMARTS) is 1. The molecule has 212 valence electrons. The first-order valence-electron chi connectivity index (χ1n) is 12.5. The van der Waals surface area contributed by atoms with Gasteiger partial charge in [-0.05, 0) is 76.2 Å². The predicted molar refractivity (Wildman–Crippen MR) is 154 cm³/mol. The molecule has 2 unspecified atom stereocenters. The number of thiophene rings is 1. The normalized spacial score (nSPS) is 13.0. The molecular weight excluding hydrogens is 596 g/mol. The van der Waals surface area contributed by atoms with Crippen molar-refractivity contribution in [1.29, 1.82) is 5.26 Å². The second-order valence-corrected chi connectivity index (χ2v) is 11.2. The largest absolute Gasteiger partial charge is 0.481 e. The summed E-state index contributed by atoms with van der Waals surface area (Å²) in [4.78, 5) is 23.2. The number of nitrogens with zero attached hydrogens (tertiary/aromatic N) is 1. The third kappa shape index (κ3) is 7.59. The predicted octanol–water partition coefficient (Wildman–Crippen LogP) is 8.54. The summed E-state index contributed by atoms with van der Waals surface area (Å²) in [6.45, 7) is -0.0543. The molecule has 4 rings (SSSR count). The molecule has 1 heterocycles. The Kier molecular flexibility index (Phi) is 9.59. The number of alkyl halides is 3. The molecule has 0 fully saturated rings. The number of carbonyl (C=O) groups is 2. The number of nitriles is 1. The lowest BCUT2D eigenvalue weighted by Gasteiger charge is -2.29. The molecule has 0 saturated heterocycles. The molecule has 11 heteroatoms. The van der Waals surface area contributed by atoms with Gasteiger partial charge in [0.15, 0.2) is 0 Å². The maximum Gasteiger partial charge on any atom is 0.389 e. The maximum absolute atomic E-state index is 13.6. The Morgan fingerprint density at radius 2 is 1.66 bits per heavy atom. The summed E-state index contributed by atoms with van der Waals surface area (Å²) in [6, 6.07) is 18.6. The van der Waals surface area contributed by atoms with Crippen molar-refractivity contribution in [1.82, 2.24) is 5.32 Å². The molecule has 5 nitrogen and oxygen atoms in total. The number of hydrogen-bond donors (Lipinski definition) is 2. The Morgan fingerprint density at radius 3 is 2.27 bits per heavy atom. The van der Waals surface area contributed by atoms with Crippen molar-refractivity contribution in [3.8, 4) is 6.07 Å². The van der Waals surface area contributed by atoms with Gasteiger partial charge in [0, 0.05) is 34.5 Å². The van der Waals surface area contributed by atoms with E-state index in [1.165, 1.54) is 23.5 Å². The average Bonchev–Trinajstić information content (AvgIpc) is 3.33. The lowest BCUT2D eigenvalue weighted by Crippen LogP contribution is -2.26. The number of hydrogen-bond acceptors (Lipinski definition) is 4. The van der Waals surface area contributed by atoms with E-state index in [0.717, 1.165) is 11.1 Å². The fourth-order valence-corrected chi connectivity index (χ4v) is 6.25. The van der Waals surface area contributed by atoms with Crippen LogP contribution in [0.3, 0.4) is 0 Å². The van der Waals surface area contributed by atoms with Crippen molar-refractivity contribution < 1.29 is 27.9 Å². The quantitative estimate of drug-likeness (QED) is 0.186. The first-order chi connectivity index (χ1) is 19.5. The van der Waals surface area contributed by atoms with E-state index in [1.807, 2.05) is 5.38 Å². The molecule has 0 aliphatic rings. The van der Waals surface area contributed by atoms with E-state index in [1.54, 1.807) is 48.5 Å². The van der Waals surface area contributed by atoms with E-state index >= 15 is 0 Å². The second kappa shape index (κ2) is 12.9. The molecule has 0 aliphatic heterocycles. The van der Waals surface area contributed by atoms with Gasteiger partial charge < -0.3 is 10.4 Å². The smallest absolute Gasteiger partial charge is 0.389 e. The molecule has 3 aromatic carbocycles. The van der Waals surface area contributed by atoms with Crippen molar-refractivity contribution in [2.75, 3.05) is 6.54 Å². The van der Waals surface area contributed by atoms with Crippen LogP contribution in [0.1, 0.15) is 63.7 Å². The Morgan fingerprint density at radius 1 is 1.00 bits per heavy atom. The van der Waals surface area contributed by atoms with E-state index in [0.29, 0.717) is 31.3 Å². The lowest BCUT2D eigenvalue weighted by molar-refractivity contribution is -0.137. The number of carboxylic acids is 1. The highest BCUT2D eigenvalue weighted by molar-refractivity contribution is 7.17. The number of fused-ring (bicyclic) bond motifs is 1. The van der Waals surface area contributed by atoms with Crippen molar-refractivity contribution >= 4 is 56.5 Å². The van der Waals surface area contributed by atoms with Crippen molar-refractivity contribution in [3.05, 3.63) is 104 Å². The van der Waals surface area contributed by atoms with E-state index in [2.05, 4.69) is 11.4 Å². The number of halogens is 5. The van der Waals surface area contributed by atoms with Crippen LogP contribution in [0.4, 0.5) is 13.2 Å². The van der Waals surface area contributed by atoms with Crippen LogP contribution in [0.5, 0.6) is 0 Å². The van der Waals surface area contributed by atoms with Gasteiger partial charge in [0.05, 0.1) is 16.7 Å². The monoisotopic (exact) mass is 618 g/mol. The summed E-state index contributed by atoms with van der Waals surface area (Å²) in [6.07, 6.45) is -5.92. The minimum absolute atomic E-state index is 0.0543. The summed E-state index contributed by atoms with van der Waals surface area (Å²) in [5.74, 6) is -2.78. The van der Waals surface area contributed by atoms with Gasteiger partial charge in [-0.15, -0.1) is 11.3 Å². The number of carbonyl (C=O) groups excluding carboxylic acids is 1. The minimum atomic E-state index is -4.40. The Hall–Kier alpha value is -3.58. The van der Waals surface area contributed by atoms with Gasteiger partial charge in [-0.1, -0.05) is 47.5 Å². The van der Waals surface area contributed by atoms with Crippen LogP contribution in [-0.4, -0.2) is 29.7 Å². The summed E-state index contributed by atoms with van der Waals surface area (Å²) >= 11 is 13.8. The maximum atomic E-state index is 13.6. The van der Waals surface area contributed by atoms with Gasteiger partial charge in [0.1, 0.15) is 6.07 Å². The highest BCUT2D eigenvalue weighted by atomic mass is 35.5. The van der Waals surface area contributed by atoms with Crippen molar-refractivity contribution in [2.45, 2.75) is 37.3 Å². The molecule has 0 bridgehead atoms. The van der Waals surface area contributed by atoms with Crippen LogP contribution in [0.25, 0.3) is 10.1 Å². The molecule has 41 heavy (non-hydrogen) atoms. The minimum Gasteiger partial charge on any atom is -0.481 e. The molecule has 4 aromatic rings. The van der Waals surface area contributed by atoms with E-state index < -0.39 is 36.3 Å². The van der Waals surface area contributed by atoms with Crippen LogP contribution in [0, 0.1) is 11.3 Å². The fraction of sp³-hybridized carbons (Fsp3) is 0.233. The number of aliphatic carboxylic acids is 1. The zero-order chi connectivity index (χ0) is 29.7. The number of benzene rings is 3. The fourth-order valence-electron chi connectivity index (χ4n) is 4.86. The highest BCUT2D eigenvalue weighted by Gasteiger charge is 2.34. The van der Waals surface area contributed by atoms with Crippen molar-refractivity contribution in [2.24, 2.45) is 0 Å². The van der Waals surface area contributed by atoms with Crippen LogP contribution in [0.15, 0.2) is 66.0 Å². The summed E-state index contributed by atoms with van der Waals surface area (Å²) in [5, 5.41) is 24.3. The number of nitrogens with one attached hydrogen (secondary N) is 1. The standard InChI is InChI=1S/C30H23Cl2F3N2O3S/c31-21-7-5-18(6-8-21)27(25-16-41-28-20(15-36)13-22(32)14-24(25)28)23(9-11-30(33,34)35)17-1-3-19(4-2-17)29(40)37-12-10-26(38)39/h1-8,13-14,16,23,27H,9-12H2,(H,37,40)(H,38,39). The van der Waals surface area contributed by atoms with Crippen LogP contribution in [0.2, 0.25) is 10.0 Å². The van der Waals surface area contributed by atoms with Gasteiger partial charge in [0.2, 0.25) is 0 Å². The average molecular weight is 619 g/mol. The third-order valence-corrected chi connectivity index (χ3v) is 8.24. The zero-order valence-electron chi connectivity index (χ0n) is 21.3. The molecule has 1 amide bonds. The van der Waals surface area contributed by atoms with Crippen LogP contribution < -0.4 is 5.32 Å². The van der Waals surface area contributed by atoms with Gasteiger partial charge in [-0.3, -0.25) is 9.59 Å². The number of amides is 1. The van der Waals surface area contributed by atoms with Gasteiger partial charge >= 0.3 is 12.1 Å². The van der Waals surface area contributed by atoms with Gasteiger partial charge in [-0.2, -0.15) is 18.4 Å². The molecule has 0 spiro atoms. The first-order valence-corrected chi connectivity index (χ1v) is 14.1. The molecule has 0 radical (unpaired) electrons. The SMILES string of the molecule is N#Cc1cc(Cl)cc2c(C(c3ccc(Cl)cc3)C(CCC(F)(F)F)c3ccc(C(=O)NCCC(=O)O)cc3)csc12. The van der Waals surface area contributed by atoms with E-state index in [-0.39, 0.29) is 24.9 Å².